The van der Waals surface area contributed by atoms with Crippen LogP contribution in [0, 0.1) is 20.8 Å². The van der Waals surface area contributed by atoms with E-state index in [2.05, 4.69) is 9.88 Å². The van der Waals surface area contributed by atoms with Crippen LogP contribution >= 0.6 is 11.3 Å². The highest BCUT2D eigenvalue weighted by atomic mass is 32.1. The van der Waals surface area contributed by atoms with E-state index in [-0.39, 0.29) is 11.3 Å². The Balaban J connectivity index is 1.77. The van der Waals surface area contributed by atoms with Gasteiger partial charge in [0.05, 0.1) is 11.6 Å². The normalized spacial score (nSPS) is 22.2. The van der Waals surface area contributed by atoms with Gasteiger partial charge in [0.15, 0.2) is 0 Å². The molecule has 0 saturated carbocycles. The molecule has 2 aliphatic rings. The third-order valence-electron chi connectivity index (χ3n) is 6.13. The van der Waals surface area contributed by atoms with Gasteiger partial charge in [-0.2, -0.15) is 0 Å². The predicted molar refractivity (Wildman–Crippen MR) is 114 cm³/mol. The van der Waals surface area contributed by atoms with E-state index in [9.17, 15) is 14.7 Å². The first-order valence-corrected chi connectivity index (χ1v) is 11.0. The summed E-state index contributed by atoms with van der Waals surface area (Å²) >= 11 is 1.50. The lowest BCUT2D eigenvalue weighted by atomic mass is 9.98. The third-order valence-corrected chi connectivity index (χ3v) is 7.06. The number of amides is 1. The maximum absolute atomic E-state index is 13.0. The highest BCUT2D eigenvalue weighted by Crippen LogP contribution is 2.42. The number of hydrogen-bond acceptors (Lipinski definition) is 5. The first-order valence-electron chi connectivity index (χ1n) is 10.1. The molecule has 2 N–H and O–H groups in total. The molecule has 29 heavy (non-hydrogen) atoms. The summed E-state index contributed by atoms with van der Waals surface area (Å²) in [6.45, 7) is 9.02. The molecule has 1 atom stereocenters. The van der Waals surface area contributed by atoms with Gasteiger partial charge < -0.3 is 19.9 Å². The van der Waals surface area contributed by atoms with Crippen LogP contribution in [-0.4, -0.2) is 57.8 Å². The molecule has 0 radical (unpaired) electrons. The van der Waals surface area contributed by atoms with Crippen molar-refractivity contribution < 1.29 is 14.7 Å². The monoisotopic (exact) mass is 413 g/mol. The predicted octanol–water partition coefficient (Wildman–Crippen LogP) is 3.52. The Kier molecular flexibility index (Phi) is 5.36. The van der Waals surface area contributed by atoms with Crippen molar-refractivity contribution in [1.29, 1.82) is 0 Å². The summed E-state index contributed by atoms with van der Waals surface area (Å²) in [5, 5.41) is 13.1. The quantitative estimate of drug-likeness (QED) is 0.447. The maximum atomic E-state index is 13.0. The minimum absolute atomic E-state index is 0.0789. The van der Waals surface area contributed by atoms with Crippen molar-refractivity contribution in [3.05, 3.63) is 50.5 Å². The van der Waals surface area contributed by atoms with Crippen molar-refractivity contribution in [3.63, 3.8) is 0 Å². The molecule has 0 bridgehead atoms. The Morgan fingerprint density at radius 3 is 2.48 bits per heavy atom. The number of thiophene rings is 1. The lowest BCUT2D eigenvalue weighted by Crippen LogP contribution is -2.36. The number of aromatic amines is 1. The van der Waals surface area contributed by atoms with Crippen molar-refractivity contribution in [1.82, 2.24) is 14.8 Å². The van der Waals surface area contributed by atoms with E-state index in [0.717, 1.165) is 41.5 Å². The number of aliphatic hydroxyl groups is 1. The SMILES string of the molecule is Cc1[nH]c(C)c(/C(O)=C2\C(=O)C(=O)N(CCN3CCCC3)C2c2cccs2)c1C. The molecule has 4 rings (SSSR count). The van der Waals surface area contributed by atoms with Gasteiger partial charge in [-0.15, -0.1) is 11.3 Å². The second kappa shape index (κ2) is 7.80. The summed E-state index contributed by atoms with van der Waals surface area (Å²) in [5.74, 6) is -1.20. The molecule has 4 heterocycles. The van der Waals surface area contributed by atoms with E-state index in [0.29, 0.717) is 12.1 Å². The van der Waals surface area contributed by atoms with Gasteiger partial charge in [0.2, 0.25) is 0 Å². The number of Topliss-reactive ketones (excluding diaryl/α,β-unsaturated/α-hetero) is 1. The van der Waals surface area contributed by atoms with Gasteiger partial charge in [0.25, 0.3) is 11.7 Å². The lowest BCUT2D eigenvalue weighted by molar-refractivity contribution is -0.140. The number of rotatable bonds is 5. The highest BCUT2D eigenvalue weighted by molar-refractivity contribution is 7.10. The molecule has 2 aromatic heterocycles. The Morgan fingerprint density at radius 2 is 1.90 bits per heavy atom. The number of aliphatic hydroxyl groups excluding tert-OH is 1. The second-order valence-electron chi connectivity index (χ2n) is 7.93. The van der Waals surface area contributed by atoms with Crippen molar-refractivity contribution in [2.45, 2.75) is 39.7 Å². The second-order valence-corrected chi connectivity index (χ2v) is 8.91. The molecule has 1 amide bonds. The van der Waals surface area contributed by atoms with Crippen LogP contribution in [0.15, 0.2) is 23.1 Å². The topological polar surface area (TPSA) is 76.6 Å². The van der Waals surface area contributed by atoms with Crippen LogP contribution in [-0.2, 0) is 9.59 Å². The number of aryl methyl sites for hydroxylation is 2. The van der Waals surface area contributed by atoms with Crippen LogP contribution in [0.25, 0.3) is 5.76 Å². The Labute approximate surface area is 174 Å². The molecular weight excluding hydrogens is 386 g/mol. The van der Waals surface area contributed by atoms with Crippen molar-refractivity contribution >= 4 is 28.8 Å². The van der Waals surface area contributed by atoms with Crippen LogP contribution in [0.5, 0.6) is 0 Å². The summed E-state index contributed by atoms with van der Waals surface area (Å²) < 4.78 is 0. The molecule has 1 unspecified atom stereocenters. The fourth-order valence-electron chi connectivity index (χ4n) is 4.50. The zero-order valence-electron chi connectivity index (χ0n) is 17.1. The van der Waals surface area contributed by atoms with Crippen LogP contribution in [0.3, 0.4) is 0 Å². The van der Waals surface area contributed by atoms with E-state index in [1.165, 1.54) is 24.2 Å². The fourth-order valence-corrected chi connectivity index (χ4v) is 5.35. The summed E-state index contributed by atoms with van der Waals surface area (Å²) in [4.78, 5) is 34.1. The van der Waals surface area contributed by atoms with Gasteiger partial charge in [-0.3, -0.25) is 9.59 Å². The van der Waals surface area contributed by atoms with Gasteiger partial charge in [0.1, 0.15) is 5.76 Å². The first kappa shape index (κ1) is 19.9. The smallest absolute Gasteiger partial charge is 0.295 e. The first-order chi connectivity index (χ1) is 13.9. The highest BCUT2D eigenvalue weighted by Gasteiger charge is 2.46. The van der Waals surface area contributed by atoms with Crippen molar-refractivity contribution in [2.75, 3.05) is 26.2 Å². The van der Waals surface area contributed by atoms with Gasteiger partial charge in [-0.1, -0.05) is 6.07 Å². The number of carbonyl (C=O) groups is 2. The van der Waals surface area contributed by atoms with Crippen LogP contribution in [0.2, 0.25) is 0 Å². The van der Waals surface area contributed by atoms with E-state index >= 15 is 0 Å². The zero-order chi connectivity index (χ0) is 20.7. The number of likely N-dealkylation sites (tertiary alicyclic amines) is 2. The van der Waals surface area contributed by atoms with E-state index < -0.39 is 17.7 Å². The van der Waals surface area contributed by atoms with E-state index in [4.69, 9.17) is 0 Å². The maximum Gasteiger partial charge on any atom is 0.295 e. The van der Waals surface area contributed by atoms with Gasteiger partial charge >= 0.3 is 0 Å². The van der Waals surface area contributed by atoms with Gasteiger partial charge in [-0.25, -0.2) is 0 Å². The average molecular weight is 414 g/mol. The minimum atomic E-state index is -0.597. The molecule has 2 aromatic rings. The lowest BCUT2D eigenvalue weighted by Gasteiger charge is -2.26. The molecule has 6 nitrogen and oxygen atoms in total. The molecule has 7 heteroatoms. The number of aromatic nitrogens is 1. The minimum Gasteiger partial charge on any atom is -0.507 e. The van der Waals surface area contributed by atoms with Crippen molar-refractivity contribution in [2.24, 2.45) is 0 Å². The molecule has 2 aliphatic heterocycles. The van der Waals surface area contributed by atoms with Crippen LogP contribution in [0.4, 0.5) is 0 Å². The number of nitrogens with zero attached hydrogens (tertiary/aromatic N) is 2. The van der Waals surface area contributed by atoms with Crippen molar-refractivity contribution in [3.8, 4) is 0 Å². The number of hydrogen-bond donors (Lipinski definition) is 2. The van der Waals surface area contributed by atoms with Crippen LogP contribution < -0.4 is 0 Å². The Hall–Kier alpha value is -2.38. The molecule has 154 valence electrons. The van der Waals surface area contributed by atoms with Gasteiger partial charge in [-0.05, 0) is 63.7 Å². The Bertz CT molecular complexity index is 968. The molecular formula is C22H27N3O3S. The van der Waals surface area contributed by atoms with E-state index in [1.807, 2.05) is 38.3 Å². The van der Waals surface area contributed by atoms with Gasteiger partial charge in [0, 0.05) is 34.9 Å². The molecule has 0 spiro atoms. The summed E-state index contributed by atoms with van der Waals surface area (Å²) in [7, 11) is 0. The summed E-state index contributed by atoms with van der Waals surface area (Å²) in [6, 6.07) is 3.31. The standard InChI is InChI=1S/C22H27N3O3S/c1-13-14(2)23-15(3)17(13)20(26)18-19(16-7-6-12-29-16)25(22(28)21(18)27)11-10-24-8-4-5-9-24/h6-7,12,19,23,26H,4-5,8-11H2,1-3H3/b20-18+. The number of carbonyl (C=O) groups excluding carboxylic acids is 2. The number of ketones is 1. The largest absolute Gasteiger partial charge is 0.507 e. The zero-order valence-corrected chi connectivity index (χ0v) is 17.9. The molecule has 2 fully saturated rings. The third kappa shape index (κ3) is 3.42. The molecule has 2 saturated heterocycles. The average Bonchev–Trinajstić information content (AvgIpc) is 3.45. The Morgan fingerprint density at radius 1 is 1.17 bits per heavy atom. The number of nitrogens with one attached hydrogen (secondary N) is 1. The number of H-pyrrole nitrogens is 1. The van der Waals surface area contributed by atoms with E-state index in [1.54, 1.807) is 4.90 Å². The summed E-state index contributed by atoms with van der Waals surface area (Å²) in [5.41, 5.74) is 3.46. The molecule has 0 aliphatic carbocycles. The molecule has 0 aromatic carbocycles. The fraction of sp³-hybridized carbons (Fsp3) is 0.455. The summed E-state index contributed by atoms with van der Waals surface area (Å²) in [6.07, 6.45) is 2.36. The van der Waals surface area contributed by atoms with Crippen LogP contribution in [0.1, 0.15) is 46.3 Å².